The number of aryl methyl sites for hydroxylation is 3. The summed E-state index contributed by atoms with van der Waals surface area (Å²) >= 11 is 0. The Hall–Kier alpha value is -2.09. The fourth-order valence-corrected chi connectivity index (χ4v) is 2.10. The molecule has 0 aromatic heterocycles. The number of rotatable bonds is 2. The molecule has 0 spiro atoms. The third-order valence-electron chi connectivity index (χ3n) is 3.62. The van der Waals surface area contributed by atoms with Crippen molar-refractivity contribution < 1.29 is 4.79 Å². The van der Waals surface area contributed by atoms with E-state index in [0.717, 1.165) is 17.5 Å². The van der Waals surface area contributed by atoms with Crippen LogP contribution in [0.4, 0.5) is 5.69 Å². The zero-order chi connectivity index (χ0) is 16.0. The molecule has 0 fully saturated rings. The van der Waals surface area contributed by atoms with Crippen LogP contribution in [0.15, 0.2) is 36.4 Å². The molecule has 0 atom stereocenters. The van der Waals surface area contributed by atoms with Crippen molar-refractivity contribution in [3.8, 4) is 0 Å². The van der Waals surface area contributed by atoms with Crippen molar-refractivity contribution in [3.63, 3.8) is 0 Å². The summed E-state index contributed by atoms with van der Waals surface area (Å²) in [6, 6.07) is 11.9. The molecule has 0 bridgehead atoms. The summed E-state index contributed by atoms with van der Waals surface area (Å²) in [5.41, 5.74) is 7.41. The van der Waals surface area contributed by atoms with Crippen molar-refractivity contribution in [2.75, 3.05) is 19.0 Å². The van der Waals surface area contributed by atoms with Gasteiger partial charge in [0, 0.05) is 25.3 Å². The molecule has 0 heterocycles. The monoisotopic (exact) mass is 283 g/mol. The van der Waals surface area contributed by atoms with Crippen molar-refractivity contribution in [2.45, 2.75) is 27.7 Å². The van der Waals surface area contributed by atoms with Crippen molar-refractivity contribution in [1.82, 2.24) is 0 Å². The van der Waals surface area contributed by atoms with Crippen LogP contribution in [0.5, 0.6) is 0 Å². The molecule has 2 aromatic carbocycles. The number of carbonyl (C=O) groups is 1. The van der Waals surface area contributed by atoms with Crippen LogP contribution < -0.4 is 4.90 Å². The van der Waals surface area contributed by atoms with Gasteiger partial charge in [0.15, 0.2) is 0 Å². The quantitative estimate of drug-likeness (QED) is 0.757. The molecule has 112 valence electrons. The first-order valence-corrected chi connectivity index (χ1v) is 7.12. The normalized spacial score (nSPS) is 9.62. The summed E-state index contributed by atoms with van der Waals surface area (Å²) in [6.07, 6.45) is 0.847. The highest BCUT2D eigenvalue weighted by Crippen LogP contribution is 2.14. The molecule has 2 rings (SSSR count). The number of nitrogens with zero attached hydrogens (tertiary/aromatic N) is 1. The number of hydrogen-bond acceptors (Lipinski definition) is 2. The Morgan fingerprint density at radius 2 is 1.33 bits per heavy atom. The van der Waals surface area contributed by atoms with Crippen LogP contribution in [0.2, 0.25) is 0 Å². The zero-order valence-electron chi connectivity index (χ0n) is 13.9. The SMILES string of the molecule is CN(C)c1ccc(C=O)cc1.Cc1cc(C)c(C)c(C)c1. The first-order valence-electron chi connectivity index (χ1n) is 7.12. The average molecular weight is 283 g/mol. The maximum absolute atomic E-state index is 10.3. The van der Waals surface area contributed by atoms with E-state index in [0.29, 0.717) is 0 Å². The lowest BCUT2D eigenvalue weighted by atomic mass is 10.0. The van der Waals surface area contributed by atoms with E-state index >= 15 is 0 Å². The van der Waals surface area contributed by atoms with E-state index in [4.69, 9.17) is 0 Å². The molecule has 0 N–H and O–H groups in total. The van der Waals surface area contributed by atoms with Gasteiger partial charge in [-0.2, -0.15) is 0 Å². The van der Waals surface area contributed by atoms with Crippen molar-refractivity contribution in [3.05, 3.63) is 64.2 Å². The lowest BCUT2D eigenvalue weighted by molar-refractivity contribution is 0.112. The van der Waals surface area contributed by atoms with Gasteiger partial charge in [0.05, 0.1) is 0 Å². The van der Waals surface area contributed by atoms with Crippen molar-refractivity contribution >= 4 is 12.0 Å². The number of hydrogen-bond donors (Lipinski definition) is 0. The minimum Gasteiger partial charge on any atom is -0.378 e. The van der Waals surface area contributed by atoms with Gasteiger partial charge < -0.3 is 4.90 Å². The van der Waals surface area contributed by atoms with Crippen LogP contribution in [0.1, 0.15) is 32.6 Å². The van der Waals surface area contributed by atoms with Crippen LogP contribution in [-0.4, -0.2) is 20.4 Å². The zero-order valence-corrected chi connectivity index (χ0v) is 13.9. The number of anilines is 1. The van der Waals surface area contributed by atoms with Gasteiger partial charge in [-0.25, -0.2) is 0 Å². The summed E-state index contributed by atoms with van der Waals surface area (Å²) in [5, 5.41) is 0. The molecule has 21 heavy (non-hydrogen) atoms. The predicted molar refractivity (Wildman–Crippen MR) is 91.5 cm³/mol. The van der Waals surface area contributed by atoms with Gasteiger partial charge in [0.2, 0.25) is 0 Å². The standard InChI is InChI=1S/C10H14.C9H11NO/c1-7-5-8(2)10(4)9(3)6-7;1-10(2)9-5-3-8(7-11)4-6-9/h5-6H,1-4H3;3-7H,1-2H3. The molecule has 0 radical (unpaired) electrons. The van der Waals surface area contributed by atoms with Crippen LogP contribution in [0, 0.1) is 27.7 Å². The second-order valence-electron chi connectivity index (χ2n) is 5.63. The minimum atomic E-state index is 0.718. The van der Waals surface area contributed by atoms with Crippen LogP contribution in [0.25, 0.3) is 0 Å². The smallest absolute Gasteiger partial charge is 0.150 e. The molecular formula is C19H25NO. The Morgan fingerprint density at radius 3 is 1.71 bits per heavy atom. The van der Waals surface area contributed by atoms with Crippen LogP contribution in [0.3, 0.4) is 0 Å². The van der Waals surface area contributed by atoms with E-state index in [-0.39, 0.29) is 0 Å². The topological polar surface area (TPSA) is 20.3 Å². The Kier molecular flexibility index (Phi) is 6.16. The van der Waals surface area contributed by atoms with Crippen molar-refractivity contribution in [2.24, 2.45) is 0 Å². The molecule has 2 aromatic rings. The first-order chi connectivity index (χ1) is 9.85. The molecule has 0 unspecified atom stereocenters. The molecule has 0 aliphatic heterocycles. The molecule has 2 heteroatoms. The second kappa shape index (κ2) is 7.63. The molecule has 0 aliphatic carbocycles. The van der Waals surface area contributed by atoms with Gasteiger partial charge >= 0.3 is 0 Å². The van der Waals surface area contributed by atoms with Crippen LogP contribution in [-0.2, 0) is 0 Å². The lowest BCUT2D eigenvalue weighted by Crippen LogP contribution is -2.08. The second-order valence-corrected chi connectivity index (χ2v) is 5.63. The van der Waals surface area contributed by atoms with Gasteiger partial charge in [-0.3, -0.25) is 4.79 Å². The highest BCUT2D eigenvalue weighted by atomic mass is 16.1. The number of benzene rings is 2. The summed E-state index contributed by atoms with van der Waals surface area (Å²) in [7, 11) is 3.94. The van der Waals surface area contributed by atoms with E-state index in [1.807, 2.05) is 43.3 Å². The maximum atomic E-state index is 10.3. The van der Waals surface area contributed by atoms with Crippen molar-refractivity contribution in [1.29, 1.82) is 0 Å². The van der Waals surface area contributed by atoms with E-state index in [9.17, 15) is 4.79 Å². The summed E-state index contributed by atoms with van der Waals surface area (Å²) in [5.74, 6) is 0. The molecule has 2 nitrogen and oxygen atoms in total. The molecule has 0 saturated carbocycles. The fourth-order valence-electron chi connectivity index (χ4n) is 2.10. The molecule has 0 amide bonds. The molecular weight excluding hydrogens is 258 g/mol. The molecule has 0 aliphatic rings. The number of carbonyl (C=O) groups excluding carboxylic acids is 1. The predicted octanol–water partition coefficient (Wildman–Crippen LogP) is 4.49. The van der Waals surface area contributed by atoms with Gasteiger partial charge in [0.1, 0.15) is 6.29 Å². The van der Waals surface area contributed by atoms with E-state index < -0.39 is 0 Å². The first kappa shape index (κ1) is 17.0. The summed E-state index contributed by atoms with van der Waals surface area (Å²) in [6.45, 7) is 8.63. The van der Waals surface area contributed by atoms with Gasteiger partial charge in [-0.1, -0.05) is 17.7 Å². The minimum absolute atomic E-state index is 0.718. The summed E-state index contributed by atoms with van der Waals surface area (Å²) < 4.78 is 0. The Labute approximate surface area is 128 Å². The third-order valence-corrected chi connectivity index (χ3v) is 3.62. The highest BCUT2D eigenvalue weighted by Gasteiger charge is 1.96. The highest BCUT2D eigenvalue weighted by molar-refractivity contribution is 5.75. The average Bonchev–Trinajstić information content (AvgIpc) is 2.45. The Balaban J connectivity index is 0.000000211. The van der Waals surface area contributed by atoms with Gasteiger partial charge in [-0.05, 0) is 68.7 Å². The Morgan fingerprint density at radius 1 is 0.857 bits per heavy atom. The van der Waals surface area contributed by atoms with E-state index in [1.165, 1.54) is 22.3 Å². The fraction of sp³-hybridized carbons (Fsp3) is 0.316. The third kappa shape index (κ3) is 5.07. The van der Waals surface area contributed by atoms with E-state index in [1.54, 1.807) is 0 Å². The number of aldehydes is 1. The van der Waals surface area contributed by atoms with E-state index in [2.05, 4.69) is 39.8 Å². The largest absolute Gasteiger partial charge is 0.378 e. The summed E-state index contributed by atoms with van der Waals surface area (Å²) in [4.78, 5) is 12.3. The van der Waals surface area contributed by atoms with Gasteiger partial charge in [-0.15, -0.1) is 0 Å². The molecule has 0 saturated heterocycles. The lowest BCUT2D eigenvalue weighted by Gasteiger charge is -2.11. The Bertz CT molecular complexity index is 574. The maximum Gasteiger partial charge on any atom is 0.150 e. The van der Waals surface area contributed by atoms with Gasteiger partial charge in [0.25, 0.3) is 0 Å². The van der Waals surface area contributed by atoms with Crippen LogP contribution >= 0.6 is 0 Å².